The third kappa shape index (κ3) is 3.65. The molecule has 1 aromatic carbocycles. The maximum atomic E-state index is 13.1. The summed E-state index contributed by atoms with van der Waals surface area (Å²) >= 11 is 0. The molecule has 3 saturated carbocycles. The molecule has 9 nitrogen and oxygen atoms in total. The van der Waals surface area contributed by atoms with E-state index in [-0.39, 0.29) is 58.8 Å². The van der Waals surface area contributed by atoms with Crippen LogP contribution in [0.25, 0.3) is 0 Å². The van der Waals surface area contributed by atoms with Crippen LogP contribution in [0.3, 0.4) is 0 Å². The highest BCUT2D eigenvalue weighted by molar-refractivity contribution is 5.84. The van der Waals surface area contributed by atoms with E-state index in [1.165, 1.54) is 18.2 Å². The predicted octanol–water partition coefficient (Wildman–Crippen LogP) is 0.892. The Morgan fingerprint density at radius 1 is 1.19 bits per heavy atom. The second-order valence-electron chi connectivity index (χ2n) is 9.09. The topological polar surface area (TPSA) is 101 Å². The number of amides is 2. The highest BCUT2D eigenvalue weighted by Crippen LogP contribution is 2.60. The zero-order valence-corrected chi connectivity index (χ0v) is 17.2. The molecule has 1 aromatic rings. The summed E-state index contributed by atoms with van der Waals surface area (Å²) < 4.78 is 40.2. The van der Waals surface area contributed by atoms with Crippen LogP contribution in [0.1, 0.15) is 32.6 Å². The number of ether oxygens (including phenoxy) is 3. The van der Waals surface area contributed by atoms with Gasteiger partial charge in [-0.15, -0.1) is 8.78 Å². The Bertz CT molecular complexity index is 922. The van der Waals surface area contributed by atoms with Crippen LogP contribution in [0, 0.1) is 0 Å². The molecular formula is C20H24F2N4O5. The lowest BCUT2D eigenvalue weighted by Crippen LogP contribution is -2.84. The number of carbonyl (C=O) groups excluding carboxylic acids is 2. The van der Waals surface area contributed by atoms with Crippen LogP contribution in [0.2, 0.25) is 0 Å². The molecule has 0 spiro atoms. The van der Waals surface area contributed by atoms with E-state index in [4.69, 9.17) is 4.74 Å². The van der Waals surface area contributed by atoms with Gasteiger partial charge in [-0.05, 0) is 44.7 Å². The Morgan fingerprint density at radius 2 is 1.87 bits per heavy atom. The summed E-state index contributed by atoms with van der Waals surface area (Å²) in [6.07, 6.45) is -0.868. The molecule has 2 amide bonds. The van der Waals surface area contributed by atoms with E-state index in [9.17, 15) is 18.4 Å². The van der Waals surface area contributed by atoms with Crippen molar-refractivity contribution in [1.29, 1.82) is 0 Å². The lowest BCUT2D eigenvalue weighted by Gasteiger charge is -2.70. The van der Waals surface area contributed by atoms with Gasteiger partial charge in [-0.3, -0.25) is 15.0 Å². The Hall–Kier alpha value is -2.66. The van der Waals surface area contributed by atoms with Gasteiger partial charge in [0.15, 0.2) is 18.1 Å². The van der Waals surface area contributed by atoms with Gasteiger partial charge < -0.3 is 24.8 Å². The Balaban J connectivity index is 1.07. The van der Waals surface area contributed by atoms with E-state index in [1.54, 1.807) is 0 Å². The molecule has 5 aliphatic rings. The number of nitrogens with zero attached hydrogens (tertiary/aromatic N) is 1. The first kappa shape index (κ1) is 20.3. The summed E-state index contributed by atoms with van der Waals surface area (Å²) in [5.74, 6) is -0.304. The Kier molecular flexibility index (Phi) is 4.36. The maximum absolute atomic E-state index is 13.1. The molecule has 4 fully saturated rings. The first-order chi connectivity index (χ1) is 14.6. The van der Waals surface area contributed by atoms with Crippen molar-refractivity contribution >= 4 is 11.8 Å². The lowest BCUT2D eigenvalue weighted by molar-refractivity contribution is -0.286. The SMILES string of the molecule is CC1CC(C(=O)NC23CC(NC(=O)COc4ccc5c(c4)OC(F)(F)O5)(C2)C3)N(C)N1. The first-order valence-electron chi connectivity index (χ1n) is 10.2. The van der Waals surface area contributed by atoms with Crippen molar-refractivity contribution in [3.63, 3.8) is 0 Å². The second-order valence-corrected chi connectivity index (χ2v) is 9.09. The first-order valence-corrected chi connectivity index (χ1v) is 10.2. The Labute approximate surface area is 177 Å². The molecule has 11 heteroatoms. The number of rotatable bonds is 6. The van der Waals surface area contributed by atoms with Crippen molar-refractivity contribution in [2.45, 2.75) is 62.1 Å². The van der Waals surface area contributed by atoms with Crippen molar-refractivity contribution in [2.24, 2.45) is 0 Å². The molecule has 0 aromatic heterocycles. The molecule has 2 bridgehead atoms. The van der Waals surface area contributed by atoms with Gasteiger partial charge in [-0.2, -0.15) is 0 Å². The zero-order chi connectivity index (χ0) is 22.0. The number of halogens is 2. The number of hydrogen-bond acceptors (Lipinski definition) is 7. The fraction of sp³-hybridized carbons (Fsp3) is 0.600. The molecule has 0 radical (unpaired) electrons. The van der Waals surface area contributed by atoms with Gasteiger partial charge in [0.25, 0.3) is 5.91 Å². The van der Waals surface area contributed by atoms with E-state index in [0.29, 0.717) is 19.3 Å². The lowest BCUT2D eigenvalue weighted by atomic mass is 9.44. The molecule has 2 heterocycles. The number of likely N-dealkylation sites (N-methyl/N-ethyl adjacent to an activating group) is 1. The van der Waals surface area contributed by atoms with E-state index in [0.717, 1.165) is 6.42 Å². The van der Waals surface area contributed by atoms with Crippen molar-refractivity contribution in [3.05, 3.63) is 18.2 Å². The molecule has 1 saturated heterocycles. The Morgan fingerprint density at radius 3 is 2.55 bits per heavy atom. The standard InChI is InChI=1S/C20H24F2N4O5/c1-11-5-13(26(2)25-11)17(28)24-19-8-18(9-19,10-19)23-16(27)7-29-12-3-4-14-15(6-12)31-20(21,22)30-14/h3-4,6,11,13,25H,5,7-10H2,1-2H3,(H,23,27)(H,24,28). The van der Waals surface area contributed by atoms with Crippen molar-refractivity contribution in [3.8, 4) is 17.2 Å². The molecule has 2 aliphatic heterocycles. The van der Waals surface area contributed by atoms with E-state index in [1.807, 2.05) is 19.0 Å². The quantitative estimate of drug-likeness (QED) is 0.607. The van der Waals surface area contributed by atoms with Gasteiger partial charge in [-0.1, -0.05) is 0 Å². The average Bonchev–Trinajstić information content (AvgIpc) is 3.12. The normalized spacial score (nSPS) is 34.5. The van der Waals surface area contributed by atoms with Crippen LogP contribution in [-0.2, 0) is 9.59 Å². The summed E-state index contributed by atoms with van der Waals surface area (Å²) in [6, 6.07) is 4.06. The van der Waals surface area contributed by atoms with Gasteiger partial charge in [-0.25, -0.2) is 5.01 Å². The van der Waals surface area contributed by atoms with Gasteiger partial charge >= 0.3 is 6.29 Å². The van der Waals surface area contributed by atoms with E-state index in [2.05, 4.69) is 25.5 Å². The second kappa shape index (κ2) is 6.67. The molecule has 2 atom stereocenters. The highest BCUT2D eigenvalue weighted by Gasteiger charge is 2.69. The molecule has 6 rings (SSSR count). The van der Waals surface area contributed by atoms with Crippen LogP contribution < -0.4 is 30.3 Å². The summed E-state index contributed by atoms with van der Waals surface area (Å²) in [7, 11) is 1.86. The largest absolute Gasteiger partial charge is 0.586 e. The summed E-state index contributed by atoms with van der Waals surface area (Å²) in [5.41, 5.74) is 2.67. The third-order valence-electron chi connectivity index (χ3n) is 6.34. The monoisotopic (exact) mass is 438 g/mol. The smallest absolute Gasteiger partial charge is 0.484 e. The number of carbonyl (C=O) groups is 2. The highest BCUT2D eigenvalue weighted by atomic mass is 19.3. The molecular weight excluding hydrogens is 414 g/mol. The van der Waals surface area contributed by atoms with Gasteiger partial charge in [0.05, 0.1) is 0 Å². The minimum absolute atomic E-state index is 0.00990. The van der Waals surface area contributed by atoms with Crippen molar-refractivity contribution in [1.82, 2.24) is 21.1 Å². The third-order valence-corrected chi connectivity index (χ3v) is 6.34. The number of hydrogen-bond donors (Lipinski definition) is 3. The number of benzene rings is 1. The summed E-state index contributed by atoms with van der Waals surface area (Å²) in [6.45, 7) is 1.78. The summed E-state index contributed by atoms with van der Waals surface area (Å²) in [4.78, 5) is 24.9. The molecule has 3 aliphatic carbocycles. The van der Waals surface area contributed by atoms with Gasteiger partial charge in [0.2, 0.25) is 5.91 Å². The summed E-state index contributed by atoms with van der Waals surface area (Å²) in [5, 5.41) is 7.96. The van der Waals surface area contributed by atoms with Crippen LogP contribution in [-0.4, -0.2) is 59.9 Å². The zero-order valence-electron chi connectivity index (χ0n) is 17.2. The fourth-order valence-corrected chi connectivity index (χ4v) is 5.16. The van der Waals surface area contributed by atoms with Crippen LogP contribution >= 0.6 is 0 Å². The number of nitrogens with one attached hydrogen (secondary N) is 3. The van der Waals surface area contributed by atoms with Gasteiger partial charge in [0, 0.05) is 30.2 Å². The van der Waals surface area contributed by atoms with E-state index >= 15 is 0 Å². The minimum atomic E-state index is -3.70. The van der Waals surface area contributed by atoms with Crippen LogP contribution in [0.15, 0.2) is 18.2 Å². The van der Waals surface area contributed by atoms with Crippen LogP contribution in [0.5, 0.6) is 17.2 Å². The minimum Gasteiger partial charge on any atom is -0.484 e. The van der Waals surface area contributed by atoms with Crippen molar-refractivity contribution < 1.29 is 32.6 Å². The fourth-order valence-electron chi connectivity index (χ4n) is 5.16. The van der Waals surface area contributed by atoms with E-state index < -0.39 is 6.29 Å². The predicted molar refractivity (Wildman–Crippen MR) is 103 cm³/mol. The number of alkyl halides is 2. The number of fused-ring (bicyclic) bond motifs is 1. The van der Waals surface area contributed by atoms with Gasteiger partial charge in [0.1, 0.15) is 11.8 Å². The van der Waals surface area contributed by atoms with Crippen LogP contribution in [0.4, 0.5) is 8.78 Å². The molecule has 168 valence electrons. The van der Waals surface area contributed by atoms with Crippen molar-refractivity contribution in [2.75, 3.05) is 13.7 Å². The average molecular weight is 438 g/mol. The molecule has 3 N–H and O–H groups in total. The molecule has 2 unspecified atom stereocenters. The number of hydrazine groups is 1. The molecule has 31 heavy (non-hydrogen) atoms. The maximum Gasteiger partial charge on any atom is 0.586 e.